The number of esters is 1. The van der Waals surface area contributed by atoms with Gasteiger partial charge in [-0.15, -0.1) is 0 Å². The lowest BCUT2D eigenvalue weighted by Crippen LogP contribution is -2.63. The molecule has 0 aliphatic heterocycles. The number of amides is 1. The molecule has 5 N–H and O–H groups in total. The first-order valence-corrected chi connectivity index (χ1v) is 14.5. The summed E-state index contributed by atoms with van der Waals surface area (Å²) in [6.45, 7) is 7.41. The van der Waals surface area contributed by atoms with Crippen LogP contribution in [0.5, 0.6) is 0 Å². The summed E-state index contributed by atoms with van der Waals surface area (Å²) in [5.74, 6) is 1.77. The molecule has 4 rings (SSSR count). The number of methoxy groups -OCH3 is 1. The molecule has 4 aliphatic rings. The normalized spacial score (nSPS) is 44.6. The molecule has 0 spiro atoms. The van der Waals surface area contributed by atoms with E-state index in [9.17, 15) is 19.8 Å². The molecular weight excluding hydrogens is 456 g/mol. The molecule has 0 aromatic rings. The van der Waals surface area contributed by atoms with Crippen LogP contribution in [0.15, 0.2) is 0 Å². The van der Waals surface area contributed by atoms with Crippen LogP contribution in [0.4, 0.5) is 0 Å². The zero-order valence-corrected chi connectivity index (χ0v) is 22.9. The molecule has 0 radical (unpaired) electrons. The molecule has 0 saturated heterocycles. The van der Waals surface area contributed by atoms with E-state index in [4.69, 9.17) is 10.5 Å². The molecule has 4 fully saturated rings. The van der Waals surface area contributed by atoms with Crippen LogP contribution in [-0.2, 0) is 14.3 Å². The third-order valence-electron chi connectivity index (χ3n) is 11.6. The minimum atomic E-state index is -0.395. The van der Waals surface area contributed by atoms with Crippen molar-refractivity contribution in [3.63, 3.8) is 0 Å². The first-order valence-electron chi connectivity index (χ1n) is 14.5. The van der Waals surface area contributed by atoms with Crippen LogP contribution in [0, 0.1) is 46.3 Å². The fourth-order valence-corrected chi connectivity index (χ4v) is 9.50. The van der Waals surface area contributed by atoms with Crippen LogP contribution in [0.1, 0.15) is 91.4 Å². The number of ether oxygens (including phenoxy) is 1. The van der Waals surface area contributed by atoms with E-state index in [1.54, 1.807) is 0 Å². The smallest absolute Gasteiger partial charge is 0.305 e. The van der Waals surface area contributed by atoms with Gasteiger partial charge in [0.1, 0.15) is 0 Å². The highest BCUT2D eigenvalue weighted by Crippen LogP contribution is 2.68. The number of hydrogen-bond donors (Lipinski definition) is 4. The van der Waals surface area contributed by atoms with Crippen molar-refractivity contribution in [3.05, 3.63) is 0 Å². The van der Waals surface area contributed by atoms with Crippen molar-refractivity contribution in [2.45, 2.75) is 110 Å². The summed E-state index contributed by atoms with van der Waals surface area (Å²) in [5, 5.41) is 26.5. The number of rotatable bonds is 8. The number of carbonyl (C=O) groups is 2. The monoisotopic (exact) mass is 506 g/mol. The first kappa shape index (κ1) is 27.8. The lowest BCUT2D eigenvalue weighted by molar-refractivity contribution is -0.202. The Balaban J connectivity index is 1.48. The van der Waals surface area contributed by atoms with Gasteiger partial charge in [0.05, 0.1) is 19.3 Å². The lowest BCUT2D eigenvalue weighted by Gasteiger charge is -2.63. The predicted octanol–water partition coefficient (Wildman–Crippen LogP) is 3.40. The van der Waals surface area contributed by atoms with E-state index < -0.39 is 6.10 Å². The van der Waals surface area contributed by atoms with Gasteiger partial charge in [-0.25, -0.2) is 0 Å². The largest absolute Gasteiger partial charge is 0.469 e. The molecular formula is C29H50N2O5. The van der Waals surface area contributed by atoms with Gasteiger partial charge in [-0.2, -0.15) is 0 Å². The summed E-state index contributed by atoms with van der Waals surface area (Å²) < 4.78 is 4.86. The van der Waals surface area contributed by atoms with Crippen LogP contribution in [-0.4, -0.2) is 54.0 Å². The predicted molar refractivity (Wildman–Crippen MR) is 139 cm³/mol. The van der Waals surface area contributed by atoms with Gasteiger partial charge in [0, 0.05) is 18.9 Å². The SMILES string of the molecule is COC(=O)CC[C@@H](C)[C@H]1CC[C@H]2[C@@H]3[C@H](O)C[C@@H]4C[C@H](NC(=O)CCCN)CC[C@]4(C)[C@H]3C[C@H](O)[C@]12C. The van der Waals surface area contributed by atoms with Crippen molar-refractivity contribution >= 4 is 11.9 Å². The van der Waals surface area contributed by atoms with Crippen molar-refractivity contribution in [2.75, 3.05) is 13.7 Å². The van der Waals surface area contributed by atoms with Crippen molar-refractivity contribution in [3.8, 4) is 0 Å². The Bertz CT molecular complexity index is 807. The summed E-state index contributed by atoms with van der Waals surface area (Å²) in [6.07, 6.45) is 8.17. The molecule has 0 heterocycles. The Morgan fingerprint density at radius 3 is 2.53 bits per heavy atom. The van der Waals surface area contributed by atoms with E-state index in [-0.39, 0.29) is 40.8 Å². The second-order valence-corrected chi connectivity index (χ2v) is 13.1. The standard InChI is InChI=1S/C29H50N2O5/c1-17(7-10-26(35)36-4)20-8-9-21-27-22(16-24(33)29(20,21)3)28(2)12-11-19(14-18(28)15-23(27)32)31-25(34)6-5-13-30/h17-24,27,32-33H,5-16,30H2,1-4H3,(H,31,34)/t17-,18+,19-,20-,21+,22+,23-,24+,27+,28+,29-/m1/s1. The van der Waals surface area contributed by atoms with Gasteiger partial charge in [0.25, 0.3) is 0 Å². The number of hydrogen-bond acceptors (Lipinski definition) is 6. The zero-order chi connectivity index (χ0) is 26.3. The Kier molecular flexibility index (Phi) is 8.43. The number of aliphatic hydroxyl groups is 2. The van der Waals surface area contributed by atoms with Crippen LogP contribution >= 0.6 is 0 Å². The van der Waals surface area contributed by atoms with Gasteiger partial charge in [-0.1, -0.05) is 20.8 Å². The fourth-order valence-electron chi connectivity index (χ4n) is 9.50. The van der Waals surface area contributed by atoms with E-state index in [1.807, 2.05) is 0 Å². The van der Waals surface area contributed by atoms with E-state index in [2.05, 4.69) is 26.1 Å². The summed E-state index contributed by atoms with van der Waals surface area (Å²) in [6, 6.07) is 0.169. The van der Waals surface area contributed by atoms with Crippen molar-refractivity contribution in [1.29, 1.82) is 0 Å². The molecule has 36 heavy (non-hydrogen) atoms. The van der Waals surface area contributed by atoms with Crippen LogP contribution in [0.25, 0.3) is 0 Å². The Hall–Kier alpha value is -1.18. The maximum atomic E-state index is 12.3. The number of carbonyl (C=O) groups excluding carboxylic acids is 2. The topological polar surface area (TPSA) is 122 Å². The fraction of sp³-hybridized carbons (Fsp3) is 0.931. The van der Waals surface area contributed by atoms with Gasteiger partial charge < -0.3 is 26.0 Å². The summed E-state index contributed by atoms with van der Waals surface area (Å²) in [4.78, 5) is 24.1. The molecule has 11 atom stereocenters. The van der Waals surface area contributed by atoms with Crippen molar-refractivity contribution in [1.82, 2.24) is 5.32 Å². The molecule has 7 nitrogen and oxygen atoms in total. The highest BCUT2D eigenvalue weighted by atomic mass is 16.5. The van der Waals surface area contributed by atoms with Crippen molar-refractivity contribution < 1.29 is 24.5 Å². The molecule has 4 aliphatic carbocycles. The third kappa shape index (κ3) is 4.84. The molecule has 1 amide bonds. The first-order chi connectivity index (χ1) is 17.1. The maximum absolute atomic E-state index is 12.3. The highest BCUT2D eigenvalue weighted by Gasteiger charge is 2.65. The molecule has 4 saturated carbocycles. The zero-order valence-electron chi connectivity index (χ0n) is 22.9. The average Bonchev–Trinajstić information content (AvgIpc) is 3.21. The summed E-state index contributed by atoms with van der Waals surface area (Å²) >= 11 is 0. The molecule has 0 unspecified atom stereocenters. The van der Waals surface area contributed by atoms with Gasteiger partial charge in [-0.05, 0) is 111 Å². The van der Waals surface area contributed by atoms with Crippen LogP contribution in [0.2, 0.25) is 0 Å². The number of nitrogens with two attached hydrogens (primary N) is 1. The summed E-state index contributed by atoms with van der Waals surface area (Å²) in [5.41, 5.74) is 5.42. The van der Waals surface area contributed by atoms with Gasteiger partial charge in [-0.3, -0.25) is 9.59 Å². The molecule has 0 aromatic heterocycles. The van der Waals surface area contributed by atoms with E-state index in [1.165, 1.54) is 7.11 Å². The van der Waals surface area contributed by atoms with Crippen LogP contribution in [0.3, 0.4) is 0 Å². The third-order valence-corrected chi connectivity index (χ3v) is 11.6. The van der Waals surface area contributed by atoms with E-state index in [0.29, 0.717) is 55.4 Å². The Morgan fingerprint density at radius 1 is 1.08 bits per heavy atom. The number of aliphatic hydroxyl groups excluding tert-OH is 2. The molecule has 7 heteroatoms. The minimum absolute atomic E-state index is 0.0826. The lowest BCUT2D eigenvalue weighted by atomic mass is 9.43. The van der Waals surface area contributed by atoms with Gasteiger partial charge in [0.2, 0.25) is 5.91 Å². The van der Waals surface area contributed by atoms with Gasteiger partial charge in [0.15, 0.2) is 0 Å². The number of nitrogens with one attached hydrogen (secondary N) is 1. The van der Waals surface area contributed by atoms with Crippen molar-refractivity contribution in [2.24, 2.45) is 52.1 Å². The highest BCUT2D eigenvalue weighted by molar-refractivity contribution is 5.76. The molecule has 0 aromatic carbocycles. The second kappa shape index (κ2) is 10.9. The second-order valence-electron chi connectivity index (χ2n) is 13.1. The van der Waals surface area contributed by atoms with Gasteiger partial charge >= 0.3 is 5.97 Å². The Labute approximate surface area is 217 Å². The average molecular weight is 507 g/mol. The maximum Gasteiger partial charge on any atom is 0.305 e. The Morgan fingerprint density at radius 2 is 1.83 bits per heavy atom. The summed E-state index contributed by atoms with van der Waals surface area (Å²) in [7, 11) is 1.44. The van der Waals surface area contributed by atoms with E-state index >= 15 is 0 Å². The quantitative estimate of drug-likeness (QED) is 0.374. The van der Waals surface area contributed by atoms with E-state index in [0.717, 1.165) is 51.4 Å². The van der Waals surface area contributed by atoms with Crippen LogP contribution < -0.4 is 11.1 Å². The molecule has 206 valence electrons. The number of fused-ring (bicyclic) bond motifs is 5. The minimum Gasteiger partial charge on any atom is -0.469 e. The molecule has 0 bridgehead atoms.